The van der Waals surface area contributed by atoms with Crippen molar-refractivity contribution in [1.29, 1.82) is 0 Å². The van der Waals surface area contributed by atoms with Crippen LogP contribution >= 0.6 is 11.8 Å². The molecule has 1 aromatic carbocycles. The molecule has 26 heavy (non-hydrogen) atoms. The molecule has 0 atom stereocenters. The number of thioether (sulfide) groups is 1. The van der Waals surface area contributed by atoms with Crippen molar-refractivity contribution in [3.63, 3.8) is 0 Å². The number of benzene rings is 1. The average molecular weight is 374 g/mol. The number of anilines is 1. The van der Waals surface area contributed by atoms with Gasteiger partial charge in [-0.25, -0.2) is 0 Å². The van der Waals surface area contributed by atoms with Gasteiger partial charge < -0.3 is 10.1 Å². The minimum Gasteiger partial charge on any atom is -0.381 e. The van der Waals surface area contributed by atoms with Gasteiger partial charge in [-0.05, 0) is 48.9 Å². The van der Waals surface area contributed by atoms with Gasteiger partial charge in [-0.2, -0.15) is 16.9 Å². The van der Waals surface area contributed by atoms with Gasteiger partial charge in [0, 0.05) is 35.6 Å². The number of hydrogen-bond acceptors (Lipinski definition) is 4. The van der Waals surface area contributed by atoms with Crippen LogP contribution in [0.4, 0.5) is 5.69 Å². The summed E-state index contributed by atoms with van der Waals surface area (Å²) in [6.45, 7) is 6.03. The first-order valence-electron chi connectivity index (χ1n) is 9.24. The monoisotopic (exact) mass is 373 g/mol. The Bertz CT molecular complexity index is 723. The van der Waals surface area contributed by atoms with E-state index in [0.29, 0.717) is 16.9 Å². The molecular formula is C20H27N3O2S. The smallest absolute Gasteiger partial charge is 0.276 e. The van der Waals surface area contributed by atoms with Crippen molar-refractivity contribution in [3.8, 4) is 0 Å². The van der Waals surface area contributed by atoms with Crippen LogP contribution in [-0.4, -0.2) is 34.6 Å². The van der Waals surface area contributed by atoms with E-state index in [9.17, 15) is 4.79 Å². The summed E-state index contributed by atoms with van der Waals surface area (Å²) in [6.07, 6.45) is 3.14. The van der Waals surface area contributed by atoms with Crippen LogP contribution in [0.15, 0.2) is 30.3 Å². The van der Waals surface area contributed by atoms with Crippen molar-refractivity contribution in [2.24, 2.45) is 5.92 Å². The molecule has 0 spiro atoms. The number of carbonyl (C=O) groups excluding carboxylic acids is 1. The third kappa shape index (κ3) is 5.61. The number of carbonyl (C=O) groups is 1. The Balaban J connectivity index is 1.55. The summed E-state index contributed by atoms with van der Waals surface area (Å²) in [4.78, 5) is 12.4. The Morgan fingerprint density at radius 2 is 2.15 bits per heavy atom. The largest absolute Gasteiger partial charge is 0.381 e. The predicted molar refractivity (Wildman–Crippen MR) is 107 cm³/mol. The van der Waals surface area contributed by atoms with Crippen LogP contribution in [0.25, 0.3) is 0 Å². The molecule has 0 unspecified atom stereocenters. The van der Waals surface area contributed by atoms with E-state index in [-0.39, 0.29) is 5.91 Å². The Morgan fingerprint density at radius 1 is 1.35 bits per heavy atom. The number of rotatable bonds is 7. The minimum absolute atomic E-state index is 0.175. The van der Waals surface area contributed by atoms with Crippen LogP contribution in [0.1, 0.15) is 48.4 Å². The summed E-state index contributed by atoms with van der Waals surface area (Å²) in [5.74, 6) is 1.30. The van der Waals surface area contributed by atoms with E-state index in [1.54, 1.807) is 0 Å². The van der Waals surface area contributed by atoms with Gasteiger partial charge in [0.2, 0.25) is 0 Å². The van der Waals surface area contributed by atoms with Crippen LogP contribution < -0.4 is 5.32 Å². The first-order chi connectivity index (χ1) is 12.6. The predicted octanol–water partition coefficient (Wildman–Crippen LogP) is 4.27. The van der Waals surface area contributed by atoms with Crippen molar-refractivity contribution in [2.45, 2.75) is 44.1 Å². The Hall–Kier alpha value is -1.79. The highest BCUT2D eigenvalue weighted by atomic mass is 32.2. The number of amides is 1. The van der Waals surface area contributed by atoms with E-state index in [1.165, 1.54) is 5.56 Å². The lowest BCUT2D eigenvalue weighted by atomic mass is 10.1. The Kier molecular flexibility index (Phi) is 6.74. The van der Waals surface area contributed by atoms with E-state index < -0.39 is 0 Å². The van der Waals surface area contributed by atoms with Crippen LogP contribution in [0.3, 0.4) is 0 Å². The molecule has 0 saturated carbocycles. The van der Waals surface area contributed by atoms with Gasteiger partial charge in [0.15, 0.2) is 5.69 Å². The van der Waals surface area contributed by atoms with Gasteiger partial charge in [0.1, 0.15) is 0 Å². The quantitative estimate of drug-likeness (QED) is 0.760. The molecule has 0 bridgehead atoms. The van der Waals surface area contributed by atoms with Crippen LogP contribution in [0.2, 0.25) is 0 Å². The van der Waals surface area contributed by atoms with Crippen LogP contribution in [0, 0.1) is 5.92 Å². The Morgan fingerprint density at radius 3 is 2.92 bits per heavy atom. The number of ether oxygens (including phenoxy) is 1. The zero-order valence-electron chi connectivity index (χ0n) is 15.5. The highest BCUT2D eigenvalue weighted by Gasteiger charge is 2.15. The molecule has 1 aromatic heterocycles. The number of nitrogens with one attached hydrogen (secondary N) is 2. The second kappa shape index (κ2) is 9.24. The molecule has 1 aliphatic heterocycles. The van der Waals surface area contributed by atoms with E-state index >= 15 is 0 Å². The summed E-state index contributed by atoms with van der Waals surface area (Å²) >= 11 is 1.97. The van der Waals surface area contributed by atoms with Crippen molar-refractivity contribution in [3.05, 3.63) is 47.3 Å². The lowest BCUT2D eigenvalue weighted by Gasteiger charge is -2.21. The molecule has 0 aliphatic carbocycles. The molecule has 1 saturated heterocycles. The highest BCUT2D eigenvalue weighted by Crippen LogP contribution is 2.26. The molecule has 3 rings (SSSR count). The molecule has 6 heteroatoms. The van der Waals surface area contributed by atoms with Crippen molar-refractivity contribution in [1.82, 2.24) is 10.2 Å². The molecule has 1 fully saturated rings. The molecule has 2 heterocycles. The number of H-pyrrole nitrogens is 1. The molecule has 140 valence electrons. The van der Waals surface area contributed by atoms with E-state index in [0.717, 1.165) is 49.6 Å². The topological polar surface area (TPSA) is 67.0 Å². The standard InChI is InChI=1S/C20H27N3O2S/c1-14(2)10-17-12-19(23-22-17)20(24)21-16-5-3-4-15(11-16)13-26-18-6-8-25-9-7-18/h3-5,11-12,14,18H,6-10,13H2,1-2H3,(H,21,24)(H,22,23). The van der Waals surface area contributed by atoms with Gasteiger partial charge in [-0.1, -0.05) is 26.0 Å². The summed E-state index contributed by atoms with van der Waals surface area (Å²) in [7, 11) is 0. The summed E-state index contributed by atoms with van der Waals surface area (Å²) in [5.41, 5.74) is 3.46. The van der Waals surface area contributed by atoms with Gasteiger partial charge in [0.05, 0.1) is 0 Å². The fourth-order valence-corrected chi connectivity index (χ4v) is 4.15. The number of aromatic nitrogens is 2. The summed E-state index contributed by atoms with van der Waals surface area (Å²) < 4.78 is 5.41. The molecule has 1 amide bonds. The average Bonchev–Trinajstić information content (AvgIpc) is 3.09. The molecule has 5 nitrogen and oxygen atoms in total. The third-order valence-electron chi connectivity index (χ3n) is 4.33. The van der Waals surface area contributed by atoms with E-state index in [2.05, 4.69) is 35.4 Å². The van der Waals surface area contributed by atoms with Gasteiger partial charge >= 0.3 is 0 Å². The van der Waals surface area contributed by atoms with E-state index in [4.69, 9.17) is 4.74 Å². The van der Waals surface area contributed by atoms with Crippen molar-refractivity contribution < 1.29 is 9.53 Å². The molecule has 1 aliphatic rings. The summed E-state index contributed by atoms with van der Waals surface area (Å²) in [5, 5.41) is 10.7. The second-order valence-corrected chi connectivity index (χ2v) is 8.44. The van der Waals surface area contributed by atoms with Gasteiger partial charge in [-0.3, -0.25) is 9.89 Å². The molecule has 2 aromatic rings. The van der Waals surface area contributed by atoms with Gasteiger partial charge in [-0.15, -0.1) is 0 Å². The van der Waals surface area contributed by atoms with Crippen LogP contribution in [0.5, 0.6) is 0 Å². The highest BCUT2D eigenvalue weighted by molar-refractivity contribution is 7.99. The number of aromatic amines is 1. The first kappa shape index (κ1) is 19.0. The summed E-state index contributed by atoms with van der Waals surface area (Å²) in [6, 6.07) is 9.90. The van der Waals surface area contributed by atoms with Crippen molar-refractivity contribution >= 4 is 23.4 Å². The second-order valence-electron chi connectivity index (χ2n) is 7.15. The third-order valence-corrected chi connectivity index (χ3v) is 5.77. The minimum atomic E-state index is -0.175. The number of hydrogen-bond donors (Lipinski definition) is 2. The molecule has 2 N–H and O–H groups in total. The molecule has 0 radical (unpaired) electrons. The normalized spacial score (nSPS) is 15.3. The zero-order chi connectivity index (χ0) is 18.4. The van der Waals surface area contributed by atoms with E-state index in [1.807, 2.05) is 36.0 Å². The van der Waals surface area contributed by atoms with Gasteiger partial charge in [0.25, 0.3) is 5.91 Å². The fraction of sp³-hybridized carbons (Fsp3) is 0.500. The van der Waals surface area contributed by atoms with Crippen LogP contribution in [-0.2, 0) is 16.9 Å². The first-order valence-corrected chi connectivity index (χ1v) is 10.3. The maximum absolute atomic E-state index is 12.4. The number of nitrogens with zero attached hydrogens (tertiary/aromatic N) is 1. The fourth-order valence-electron chi connectivity index (χ4n) is 3.01. The SMILES string of the molecule is CC(C)Cc1cc(C(=O)Nc2cccc(CSC3CCOCC3)c2)n[nH]1. The molecular weight excluding hydrogens is 346 g/mol. The lowest BCUT2D eigenvalue weighted by molar-refractivity contribution is 0.0999. The maximum atomic E-state index is 12.4. The lowest BCUT2D eigenvalue weighted by Crippen LogP contribution is -2.17. The van der Waals surface area contributed by atoms with Crippen molar-refractivity contribution in [2.75, 3.05) is 18.5 Å². The zero-order valence-corrected chi connectivity index (χ0v) is 16.3. The maximum Gasteiger partial charge on any atom is 0.276 e. The Labute approximate surface area is 159 Å².